The molecular weight excluding hydrogens is 228 g/mol. The van der Waals surface area contributed by atoms with Crippen LogP contribution in [0.2, 0.25) is 0 Å². The molecule has 1 fully saturated rings. The van der Waals surface area contributed by atoms with E-state index in [-0.39, 0.29) is 0 Å². The molecule has 0 spiro atoms. The van der Waals surface area contributed by atoms with Crippen LogP contribution in [0, 0.1) is 12.8 Å². The third-order valence-corrected chi connectivity index (χ3v) is 4.47. The molecule has 0 unspecified atom stereocenters. The average Bonchev–Trinajstić information content (AvgIpc) is 2.52. The van der Waals surface area contributed by atoms with Gasteiger partial charge < -0.3 is 0 Å². The average molecular weight is 256 g/mol. The van der Waals surface area contributed by atoms with Gasteiger partial charge in [0.1, 0.15) is 0 Å². The highest BCUT2D eigenvalue weighted by Gasteiger charge is 2.15. The number of benzene rings is 1. The van der Waals surface area contributed by atoms with Gasteiger partial charge in [-0.1, -0.05) is 57.4 Å². The molecule has 0 amide bonds. The summed E-state index contributed by atoms with van der Waals surface area (Å²) in [4.78, 5) is 0. The Morgan fingerprint density at radius 3 is 1.95 bits per heavy atom. The minimum atomic E-state index is 0.760. The van der Waals surface area contributed by atoms with E-state index < -0.39 is 0 Å². The van der Waals surface area contributed by atoms with Crippen LogP contribution in [-0.2, 0) is 0 Å². The van der Waals surface area contributed by atoms with Gasteiger partial charge in [0.25, 0.3) is 0 Å². The molecule has 19 heavy (non-hydrogen) atoms. The summed E-state index contributed by atoms with van der Waals surface area (Å²) < 4.78 is 0. The molecule has 1 aliphatic carbocycles. The Morgan fingerprint density at radius 2 is 1.47 bits per heavy atom. The second-order valence-electron chi connectivity index (χ2n) is 5.52. The highest BCUT2D eigenvalue weighted by molar-refractivity contribution is 5.28. The van der Waals surface area contributed by atoms with Gasteiger partial charge in [-0.05, 0) is 48.6 Å². The van der Waals surface area contributed by atoms with Crippen LogP contribution in [-0.4, -0.2) is 0 Å². The predicted molar refractivity (Wildman–Crippen MR) is 85.5 cm³/mol. The van der Waals surface area contributed by atoms with Crippen LogP contribution >= 0.6 is 0 Å². The van der Waals surface area contributed by atoms with Crippen LogP contribution in [0.5, 0.6) is 0 Å². The van der Waals surface area contributed by atoms with Crippen LogP contribution in [0.4, 0.5) is 0 Å². The molecule has 0 aromatic heterocycles. The maximum atomic E-state index is 4.00. The van der Waals surface area contributed by atoms with Crippen molar-refractivity contribution in [2.45, 2.75) is 70.6 Å². The first-order valence-electron chi connectivity index (χ1n) is 7.78. The van der Waals surface area contributed by atoms with E-state index in [0.717, 1.165) is 11.8 Å². The van der Waals surface area contributed by atoms with E-state index in [4.69, 9.17) is 0 Å². The van der Waals surface area contributed by atoms with Crippen LogP contribution < -0.4 is 0 Å². The quantitative estimate of drug-likeness (QED) is 0.589. The molecule has 0 radical (unpaired) electrons. The van der Waals surface area contributed by atoms with Gasteiger partial charge >= 0.3 is 0 Å². The molecule has 0 nitrogen and oxygen atoms in total. The Kier molecular flexibility index (Phi) is 7.34. The molecule has 0 aliphatic heterocycles. The molecule has 104 valence electrons. The van der Waals surface area contributed by atoms with E-state index in [0.29, 0.717) is 0 Å². The van der Waals surface area contributed by atoms with E-state index in [2.05, 4.69) is 51.0 Å². The van der Waals surface area contributed by atoms with Gasteiger partial charge in [-0.3, -0.25) is 0 Å². The SMILES string of the molecule is C#C.CCC(CC)c1ccc(C2CCCCC2)cc1. The topological polar surface area (TPSA) is 0 Å². The molecule has 0 heteroatoms. The van der Waals surface area contributed by atoms with E-state index in [9.17, 15) is 0 Å². The smallest absolute Gasteiger partial charge is 0.0162 e. The third-order valence-electron chi connectivity index (χ3n) is 4.47. The first-order valence-corrected chi connectivity index (χ1v) is 7.78. The number of rotatable bonds is 4. The summed E-state index contributed by atoms with van der Waals surface area (Å²) in [6, 6.07) is 9.54. The van der Waals surface area contributed by atoms with Crippen LogP contribution in [0.3, 0.4) is 0 Å². The summed E-state index contributed by atoms with van der Waals surface area (Å²) in [5.41, 5.74) is 3.12. The van der Waals surface area contributed by atoms with E-state index >= 15 is 0 Å². The van der Waals surface area contributed by atoms with Crippen molar-refractivity contribution in [1.82, 2.24) is 0 Å². The monoisotopic (exact) mass is 256 g/mol. The van der Waals surface area contributed by atoms with Crippen LogP contribution in [0.25, 0.3) is 0 Å². The van der Waals surface area contributed by atoms with Gasteiger partial charge in [-0.25, -0.2) is 0 Å². The van der Waals surface area contributed by atoms with Gasteiger partial charge in [0, 0.05) is 0 Å². The fourth-order valence-corrected chi connectivity index (χ4v) is 3.24. The maximum absolute atomic E-state index is 4.00. The highest BCUT2D eigenvalue weighted by Crippen LogP contribution is 2.33. The Balaban J connectivity index is 0.000000861. The first kappa shape index (κ1) is 15.8. The fourth-order valence-electron chi connectivity index (χ4n) is 3.24. The van der Waals surface area contributed by atoms with E-state index in [1.165, 1.54) is 50.5 Å². The molecule has 0 bridgehead atoms. The number of hydrogen-bond acceptors (Lipinski definition) is 0. The second-order valence-corrected chi connectivity index (χ2v) is 5.52. The van der Waals surface area contributed by atoms with Crippen molar-refractivity contribution in [3.8, 4) is 12.8 Å². The maximum Gasteiger partial charge on any atom is -0.0162 e. The summed E-state index contributed by atoms with van der Waals surface area (Å²) in [6.45, 7) is 4.59. The van der Waals surface area contributed by atoms with Crippen LogP contribution in [0.15, 0.2) is 24.3 Å². The lowest BCUT2D eigenvalue weighted by atomic mass is 9.83. The molecule has 1 aromatic carbocycles. The summed E-state index contributed by atoms with van der Waals surface area (Å²) in [5.74, 6) is 1.61. The number of terminal acetylenes is 1. The molecular formula is C19H28. The first-order chi connectivity index (χ1) is 9.35. The molecule has 1 aromatic rings. The molecule has 0 heterocycles. The zero-order chi connectivity index (χ0) is 14.1. The van der Waals surface area contributed by atoms with Crippen molar-refractivity contribution in [3.05, 3.63) is 35.4 Å². The lowest BCUT2D eigenvalue weighted by Crippen LogP contribution is -2.04. The van der Waals surface area contributed by atoms with Gasteiger partial charge in [0.05, 0.1) is 0 Å². The Morgan fingerprint density at radius 1 is 0.947 bits per heavy atom. The zero-order valence-corrected chi connectivity index (χ0v) is 12.6. The van der Waals surface area contributed by atoms with Crippen molar-refractivity contribution in [1.29, 1.82) is 0 Å². The second kappa shape index (κ2) is 8.81. The largest absolute Gasteiger partial charge is 0.124 e. The number of hydrogen-bond donors (Lipinski definition) is 0. The molecule has 0 atom stereocenters. The van der Waals surface area contributed by atoms with E-state index in [1.807, 2.05) is 0 Å². The summed E-state index contributed by atoms with van der Waals surface area (Å²) in [5, 5.41) is 0. The van der Waals surface area contributed by atoms with Crippen LogP contribution in [0.1, 0.15) is 81.8 Å². The summed E-state index contributed by atoms with van der Waals surface area (Å²) in [6.07, 6.45) is 17.6. The Hall–Kier alpha value is -1.22. The van der Waals surface area contributed by atoms with Gasteiger partial charge in [-0.2, -0.15) is 0 Å². The highest BCUT2D eigenvalue weighted by atomic mass is 14.2. The lowest BCUT2D eigenvalue weighted by Gasteiger charge is -2.22. The lowest BCUT2D eigenvalue weighted by molar-refractivity contribution is 0.443. The van der Waals surface area contributed by atoms with Gasteiger partial charge in [-0.15, -0.1) is 12.8 Å². The molecule has 1 saturated carbocycles. The normalized spacial score (nSPS) is 15.8. The molecule has 2 rings (SSSR count). The minimum Gasteiger partial charge on any atom is -0.124 e. The Bertz CT molecular complexity index is 347. The zero-order valence-electron chi connectivity index (χ0n) is 12.6. The van der Waals surface area contributed by atoms with Gasteiger partial charge in [0.2, 0.25) is 0 Å². The van der Waals surface area contributed by atoms with Crippen molar-refractivity contribution < 1.29 is 0 Å². The summed E-state index contributed by atoms with van der Waals surface area (Å²) >= 11 is 0. The fraction of sp³-hybridized carbons (Fsp3) is 0.579. The van der Waals surface area contributed by atoms with Crippen molar-refractivity contribution in [2.75, 3.05) is 0 Å². The van der Waals surface area contributed by atoms with Gasteiger partial charge in [0.15, 0.2) is 0 Å². The standard InChI is InChI=1S/C17H26.C2H2/c1-3-14(4-2)16-10-12-17(13-11-16)15-8-6-5-7-9-15;1-2/h10-15H,3-9H2,1-2H3;1-2H. The third kappa shape index (κ3) is 4.43. The van der Waals surface area contributed by atoms with Crippen molar-refractivity contribution in [2.24, 2.45) is 0 Å². The van der Waals surface area contributed by atoms with Crippen molar-refractivity contribution in [3.63, 3.8) is 0 Å². The molecule has 0 saturated heterocycles. The predicted octanol–water partition coefficient (Wildman–Crippen LogP) is 5.89. The minimum absolute atomic E-state index is 0.760. The Labute approximate surface area is 119 Å². The van der Waals surface area contributed by atoms with Crippen molar-refractivity contribution >= 4 is 0 Å². The van der Waals surface area contributed by atoms with E-state index in [1.54, 1.807) is 5.56 Å². The summed E-state index contributed by atoms with van der Waals surface area (Å²) in [7, 11) is 0. The molecule has 0 N–H and O–H groups in total. The molecule has 1 aliphatic rings.